The van der Waals surface area contributed by atoms with Crippen LogP contribution >= 0.6 is 0 Å². The molecule has 0 spiro atoms. The summed E-state index contributed by atoms with van der Waals surface area (Å²) in [6.45, 7) is 1.24. The lowest BCUT2D eigenvalue weighted by Gasteiger charge is -2.29. The van der Waals surface area contributed by atoms with Gasteiger partial charge in [0.1, 0.15) is 12.3 Å². The first-order valence-electron chi connectivity index (χ1n) is 5.81. The Morgan fingerprint density at radius 3 is 2.79 bits per heavy atom. The quantitative estimate of drug-likeness (QED) is 0.798. The number of hydrogen-bond acceptors (Lipinski definition) is 4. The van der Waals surface area contributed by atoms with Crippen molar-refractivity contribution in [3.8, 4) is 5.75 Å². The molecular formula is C13H14N2O4. The third-order valence-corrected chi connectivity index (χ3v) is 2.89. The molecule has 2 amide bonds. The van der Waals surface area contributed by atoms with Gasteiger partial charge in [0.05, 0.1) is 5.69 Å². The minimum atomic E-state index is -0.309. The van der Waals surface area contributed by atoms with Crippen molar-refractivity contribution < 1.29 is 19.1 Å². The molecule has 1 heterocycles. The number of fused-ring (bicyclic) bond motifs is 1. The van der Waals surface area contributed by atoms with Gasteiger partial charge in [0, 0.05) is 12.6 Å². The summed E-state index contributed by atoms with van der Waals surface area (Å²) in [5.41, 5.74) is 0.923. The number of amides is 2. The summed E-state index contributed by atoms with van der Waals surface area (Å²) in [7, 11) is 1.50. The second-order valence-electron chi connectivity index (χ2n) is 4.18. The summed E-state index contributed by atoms with van der Waals surface area (Å²) >= 11 is 0. The Balaban J connectivity index is 2.41. The maximum atomic E-state index is 11.8. The molecule has 6 nitrogen and oxygen atoms in total. The van der Waals surface area contributed by atoms with E-state index in [-0.39, 0.29) is 30.7 Å². The Labute approximate surface area is 110 Å². The lowest BCUT2D eigenvalue weighted by Crippen LogP contribution is -2.44. The van der Waals surface area contributed by atoms with Crippen LogP contribution in [-0.2, 0) is 9.59 Å². The molecule has 6 heteroatoms. The minimum absolute atomic E-state index is 0.0902. The fraction of sp³-hybridized carbons (Fsp3) is 0.308. The predicted molar refractivity (Wildman–Crippen MR) is 68.4 cm³/mol. The molecule has 0 saturated heterocycles. The minimum Gasteiger partial charge on any atom is -0.482 e. The normalized spacial score (nSPS) is 13.6. The molecule has 0 aliphatic carbocycles. The number of nitrogens with zero attached hydrogens (tertiary/aromatic N) is 1. The highest BCUT2D eigenvalue weighted by Crippen LogP contribution is 2.32. The maximum Gasteiger partial charge on any atom is 0.265 e. The largest absolute Gasteiger partial charge is 0.482 e. The Bertz CT molecular complexity index is 554. The second-order valence-corrected chi connectivity index (χ2v) is 4.18. The summed E-state index contributed by atoms with van der Waals surface area (Å²) in [4.78, 5) is 36.0. The lowest BCUT2D eigenvalue weighted by molar-refractivity contribution is -0.125. The fourth-order valence-electron chi connectivity index (χ4n) is 1.82. The Morgan fingerprint density at radius 1 is 1.42 bits per heavy atom. The molecule has 1 aromatic carbocycles. The number of anilines is 1. The molecule has 100 valence electrons. The number of carbonyl (C=O) groups excluding carboxylic acids is 3. The fourth-order valence-corrected chi connectivity index (χ4v) is 1.82. The zero-order valence-electron chi connectivity index (χ0n) is 10.7. The molecule has 2 rings (SSSR count). The van der Waals surface area contributed by atoms with E-state index in [4.69, 9.17) is 4.74 Å². The van der Waals surface area contributed by atoms with E-state index in [9.17, 15) is 14.4 Å². The molecule has 0 atom stereocenters. The van der Waals surface area contributed by atoms with Crippen molar-refractivity contribution in [2.45, 2.75) is 6.92 Å². The van der Waals surface area contributed by atoms with Crippen LogP contribution in [0.2, 0.25) is 0 Å². The van der Waals surface area contributed by atoms with E-state index in [1.807, 2.05) is 0 Å². The monoisotopic (exact) mass is 262 g/mol. The summed E-state index contributed by atoms with van der Waals surface area (Å²) in [6.07, 6.45) is 0. The first-order chi connectivity index (χ1) is 9.02. The predicted octanol–water partition coefficient (Wildman–Crippen LogP) is 0.361. The molecule has 19 heavy (non-hydrogen) atoms. The van der Waals surface area contributed by atoms with E-state index in [1.165, 1.54) is 18.9 Å². The van der Waals surface area contributed by atoms with Crippen LogP contribution in [0.25, 0.3) is 0 Å². The summed E-state index contributed by atoms with van der Waals surface area (Å²) in [5.74, 6) is -0.208. The third-order valence-electron chi connectivity index (χ3n) is 2.89. The maximum absolute atomic E-state index is 11.8. The third kappa shape index (κ3) is 2.57. The Kier molecular flexibility index (Phi) is 3.50. The Morgan fingerprint density at radius 2 is 2.16 bits per heavy atom. The van der Waals surface area contributed by atoms with Crippen molar-refractivity contribution in [1.29, 1.82) is 0 Å². The molecule has 0 fully saturated rings. The van der Waals surface area contributed by atoms with Gasteiger partial charge in [0.25, 0.3) is 5.91 Å². The molecule has 1 aliphatic rings. The van der Waals surface area contributed by atoms with Crippen LogP contribution in [0.5, 0.6) is 5.75 Å². The molecule has 1 aliphatic heterocycles. The molecule has 0 saturated carbocycles. The highest BCUT2D eigenvalue weighted by atomic mass is 16.5. The molecule has 0 aromatic heterocycles. The van der Waals surface area contributed by atoms with Gasteiger partial charge >= 0.3 is 0 Å². The number of ketones is 1. The van der Waals surface area contributed by atoms with Gasteiger partial charge in [0.2, 0.25) is 5.91 Å². The zero-order valence-corrected chi connectivity index (χ0v) is 10.7. The van der Waals surface area contributed by atoms with Crippen molar-refractivity contribution in [2.24, 2.45) is 0 Å². The standard InChI is InChI=1S/C13H14N2O4/c1-8(16)9-3-4-11-10(5-9)15(6-12(17)14-2)13(18)7-19-11/h3-5H,6-7H2,1-2H3,(H,14,17). The van der Waals surface area contributed by atoms with Gasteiger partial charge in [-0.3, -0.25) is 19.3 Å². The molecule has 1 aromatic rings. The molecule has 0 radical (unpaired) electrons. The second kappa shape index (κ2) is 5.09. The van der Waals surface area contributed by atoms with E-state index in [1.54, 1.807) is 18.2 Å². The number of ether oxygens (including phenoxy) is 1. The zero-order chi connectivity index (χ0) is 14.0. The SMILES string of the molecule is CNC(=O)CN1C(=O)COc2ccc(C(C)=O)cc21. The van der Waals surface area contributed by atoms with Crippen LogP contribution in [0, 0.1) is 0 Å². The van der Waals surface area contributed by atoms with Crippen molar-refractivity contribution in [3.63, 3.8) is 0 Å². The van der Waals surface area contributed by atoms with E-state index in [0.717, 1.165) is 0 Å². The van der Waals surface area contributed by atoms with E-state index >= 15 is 0 Å². The molecule has 0 bridgehead atoms. The molecular weight excluding hydrogens is 248 g/mol. The van der Waals surface area contributed by atoms with Crippen LogP contribution in [0.4, 0.5) is 5.69 Å². The van der Waals surface area contributed by atoms with Crippen LogP contribution in [-0.4, -0.2) is 37.8 Å². The highest BCUT2D eigenvalue weighted by Gasteiger charge is 2.27. The van der Waals surface area contributed by atoms with Crippen molar-refractivity contribution in [2.75, 3.05) is 25.1 Å². The van der Waals surface area contributed by atoms with Gasteiger partial charge in [-0.2, -0.15) is 0 Å². The average Bonchev–Trinajstić information content (AvgIpc) is 2.41. The smallest absolute Gasteiger partial charge is 0.265 e. The van der Waals surface area contributed by atoms with Gasteiger partial charge in [-0.15, -0.1) is 0 Å². The summed E-state index contributed by atoms with van der Waals surface area (Å²) in [6, 6.07) is 4.84. The van der Waals surface area contributed by atoms with Crippen molar-refractivity contribution in [3.05, 3.63) is 23.8 Å². The van der Waals surface area contributed by atoms with Crippen LogP contribution in [0.3, 0.4) is 0 Å². The Hall–Kier alpha value is -2.37. The van der Waals surface area contributed by atoms with Gasteiger partial charge < -0.3 is 10.1 Å². The number of rotatable bonds is 3. The average molecular weight is 262 g/mol. The van der Waals surface area contributed by atoms with Crippen LogP contribution < -0.4 is 15.0 Å². The number of likely N-dealkylation sites (N-methyl/N-ethyl adjacent to an activating group) is 1. The van der Waals surface area contributed by atoms with E-state index in [0.29, 0.717) is 17.0 Å². The first-order valence-corrected chi connectivity index (χ1v) is 5.81. The molecule has 1 N–H and O–H groups in total. The van der Waals surface area contributed by atoms with Crippen molar-refractivity contribution in [1.82, 2.24) is 5.32 Å². The van der Waals surface area contributed by atoms with Gasteiger partial charge in [0.15, 0.2) is 12.4 Å². The van der Waals surface area contributed by atoms with Gasteiger partial charge in [-0.1, -0.05) is 0 Å². The number of benzene rings is 1. The van der Waals surface area contributed by atoms with Gasteiger partial charge in [-0.05, 0) is 25.1 Å². The van der Waals surface area contributed by atoms with E-state index in [2.05, 4.69) is 5.32 Å². The summed E-state index contributed by atoms with van der Waals surface area (Å²) in [5, 5.41) is 2.46. The number of nitrogens with one attached hydrogen (secondary N) is 1. The van der Waals surface area contributed by atoms with Crippen LogP contribution in [0.1, 0.15) is 17.3 Å². The summed E-state index contributed by atoms with van der Waals surface area (Å²) < 4.78 is 5.28. The highest BCUT2D eigenvalue weighted by molar-refractivity contribution is 6.04. The lowest BCUT2D eigenvalue weighted by atomic mass is 10.1. The van der Waals surface area contributed by atoms with Crippen LogP contribution in [0.15, 0.2) is 18.2 Å². The van der Waals surface area contributed by atoms with E-state index < -0.39 is 0 Å². The molecule has 0 unspecified atom stereocenters. The van der Waals surface area contributed by atoms with Crippen molar-refractivity contribution >= 4 is 23.3 Å². The number of carbonyl (C=O) groups is 3. The topological polar surface area (TPSA) is 75.7 Å². The number of Topliss-reactive ketones (excluding diaryl/α,β-unsaturated/α-hetero) is 1. The number of hydrogen-bond donors (Lipinski definition) is 1. The van der Waals surface area contributed by atoms with Gasteiger partial charge in [-0.25, -0.2) is 0 Å². The first kappa shape index (κ1) is 13.1.